The number of hydrogen-bond acceptors (Lipinski definition) is 2. The molecule has 19 heavy (non-hydrogen) atoms. The Morgan fingerprint density at radius 2 is 2.05 bits per heavy atom. The minimum absolute atomic E-state index is 0.0167. The van der Waals surface area contributed by atoms with Crippen molar-refractivity contribution in [3.8, 4) is 5.75 Å². The van der Waals surface area contributed by atoms with Gasteiger partial charge in [0.05, 0.1) is 5.56 Å². The molecule has 0 saturated carbocycles. The van der Waals surface area contributed by atoms with Gasteiger partial charge in [-0.05, 0) is 42.8 Å². The van der Waals surface area contributed by atoms with Crippen LogP contribution in [0.5, 0.6) is 5.75 Å². The molecule has 0 aliphatic rings. The van der Waals surface area contributed by atoms with E-state index in [0.717, 1.165) is 11.6 Å². The highest BCUT2D eigenvalue weighted by molar-refractivity contribution is 5.89. The number of benzene rings is 2. The zero-order chi connectivity index (χ0) is 13.8. The van der Waals surface area contributed by atoms with Crippen LogP contribution in [0.2, 0.25) is 0 Å². The van der Waals surface area contributed by atoms with Gasteiger partial charge >= 0.3 is 5.97 Å². The third-order valence-corrected chi connectivity index (χ3v) is 2.68. The number of ether oxygens (including phenoxy) is 1. The quantitative estimate of drug-likeness (QED) is 0.916. The molecule has 4 heteroatoms. The Bertz CT molecular complexity index is 608. The van der Waals surface area contributed by atoms with Gasteiger partial charge in [-0.25, -0.2) is 9.18 Å². The molecule has 2 aromatic rings. The SMILES string of the molecule is Cc1cccc(OCc2cc(F)ccc2C(=O)O)c1. The zero-order valence-electron chi connectivity index (χ0n) is 10.4. The number of halogens is 1. The predicted molar refractivity (Wildman–Crippen MR) is 68.9 cm³/mol. The monoisotopic (exact) mass is 260 g/mol. The van der Waals surface area contributed by atoms with E-state index in [0.29, 0.717) is 11.3 Å². The van der Waals surface area contributed by atoms with Gasteiger partial charge in [-0.3, -0.25) is 0 Å². The number of aryl methyl sites for hydroxylation is 1. The second-order valence-electron chi connectivity index (χ2n) is 4.21. The van der Waals surface area contributed by atoms with Crippen LogP contribution in [0, 0.1) is 12.7 Å². The van der Waals surface area contributed by atoms with Crippen molar-refractivity contribution in [3.63, 3.8) is 0 Å². The molecule has 0 saturated heterocycles. The van der Waals surface area contributed by atoms with Gasteiger partial charge < -0.3 is 9.84 Å². The predicted octanol–water partition coefficient (Wildman–Crippen LogP) is 3.41. The molecule has 0 fully saturated rings. The summed E-state index contributed by atoms with van der Waals surface area (Å²) < 4.78 is 18.6. The summed E-state index contributed by atoms with van der Waals surface area (Å²) >= 11 is 0. The Morgan fingerprint density at radius 3 is 2.74 bits per heavy atom. The lowest BCUT2D eigenvalue weighted by Crippen LogP contribution is -2.06. The summed E-state index contributed by atoms with van der Waals surface area (Å²) in [5, 5.41) is 9.02. The summed E-state index contributed by atoms with van der Waals surface area (Å²) in [6.07, 6.45) is 0. The van der Waals surface area contributed by atoms with Gasteiger partial charge in [-0.15, -0.1) is 0 Å². The second kappa shape index (κ2) is 5.52. The summed E-state index contributed by atoms with van der Waals surface area (Å²) in [5.74, 6) is -0.948. The molecule has 0 aliphatic carbocycles. The van der Waals surface area contributed by atoms with Gasteiger partial charge in [0, 0.05) is 5.56 Å². The average molecular weight is 260 g/mol. The Balaban J connectivity index is 2.19. The molecule has 0 radical (unpaired) electrons. The van der Waals surface area contributed by atoms with Gasteiger partial charge in [0.1, 0.15) is 18.2 Å². The first-order chi connectivity index (χ1) is 9.06. The van der Waals surface area contributed by atoms with E-state index in [2.05, 4.69) is 0 Å². The van der Waals surface area contributed by atoms with E-state index in [1.807, 2.05) is 25.1 Å². The fraction of sp³-hybridized carbons (Fsp3) is 0.133. The number of rotatable bonds is 4. The lowest BCUT2D eigenvalue weighted by atomic mass is 10.1. The van der Waals surface area contributed by atoms with Crippen LogP contribution in [-0.4, -0.2) is 11.1 Å². The maximum atomic E-state index is 13.2. The Hall–Kier alpha value is -2.36. The van der Waals surface area contributed by atoms with Crippen LogP contribution in [0.25, 0.3) is 0 Å². The second-order valence-corrected chi connectivity index (χ2v) is 4.21. The highest BCUT2D eigenvalue weighted by Gasteiger charge is 2.11. The molecule has 3 nitrogen and oxygen atoms in total. The van der Waals surface area contributed by atoms with E-state index >= 15 is 0 Å². The lowest BCUT2D eigenvalue weighted by molar-refractivity contribution is 0.0694. The molecule has 1 N–H and O–H groups in total. The number of carboxylic acid groups (broad SMARTS) is 1. The standard InChI is InChI=1S/C15H13FO3/c1-10-3-2-4-13(7-10)19-9-11-8-12(16)5-6-14(11)15(17)18/h2-8H,9H2,1H3,(H,17,18). The number of hydrogen-bond donors (Lipinski definition) is 1. The Labute approximate surface area is 110 Å². The topological polar surface area (TPSA) is 46.5 Å². The molecule has 2 rings (SSSR count). The zero-order valence-corrected chi connectivity index (χ0v) is 10.4. The van der Waals surface area contributed by atoms with Crippen molar-refractivity contribution in [3.05, 3.63) is 65.0 Å². The molecule has 0 spiro atoms. The van der Waals surface area contributed by atoms with Crippen LogP contribution in [0.3, 0.4) is 0 Å². The molecule has 2 aromatic carbocycles. The molecule has 0 aromatic heterocycles. The first kappa shape index (κ1) is 13.1. The molecule has 0 aliphatic heterocycles. The highest BCUT2D eigenvalue weighted by Crippen LogP contribution is 2.17. The van der Waals surface area contributed by atoms with E-state index in [9.17, 15) is 9.18 Å². The third-order valence-electron chi connectivity index (χ3n) is 2.68. The van der Waals surface area contributed by atoms with Gasteiger partial charge in [0.25, 0.3) is 0 Å². The van der Waals surface area contributed by atoms with Crippen molar-refractivity contribution in [2.24, 2.45) is 0 Å². The van der Waals surface area contributed by atoms with Crippen molar-refractivity contribution in [1.82, 2.24) is 0 Å². The third kappa shape index (κ3) is 3.31. The van der Waals surface area contributed by atoms with Crippen molar-refractivity contribution < 1.29 is 19.0 Å². The summed E-state index contributed by atoms with van der Waals surface area (Å²) in [4.78, 5) is 11.0. The van der Waals surface area contributed by atoms with Crippen LogP contribution in [0.4, 0.5) is 4.39 Å². The minimum atomic E-state index is -1.09. The van der Waals surface area contributed by atoms with Gasteiger partial charge in [-0.2, -0.15) is 0 Å². The normalized spacial score (nSPS) is 10.2. The summed E-state index contributed by atoms with van der Waals surface area (Å²) in [6.45, 7) is 1.95. The first-order valence-electron chi connectivity index (χ1n) is 5.77. The van der Waals surface area contributed by atoms with Crippen molar-refractivity contribution >= 4 is 5.97 Å². The van der Waals surface area contributed by atoms with Gasteiger partial charge in [-0.1, -0.05) is 12.1 Å². The van der Waals surface area contributed by atoms with Crippen LogP contribution >= 0.6 is 0 Å². The molecule has 98 valence electrons. The fourth-order valence-corrected chi connectivity index (χ4v) is 1.76. The summed E-state index contributed by atoms with van der Waals surface area (Å²) in [5.41, 5.74) is 1.40. The molecular formula is C15H13FO3. The summed E-state index contributed by atoms with van der Waals surface area (Å²) in [7, 11) is 0. The van der Waals surface area contributed by atoms with E-state index < -0.39 is 11.8 Å². The Morgan fingerprint density at radius 1 is 1.26 bits per heavy atom. The van der Waals surface area contributed by atoms with Crippen LogP contribution in [0.1, 0.15) is 21.5 Å². The van der Waals surface area contributed by atoms with Gasteiger partial charge in [0.2, 0.25) is 0 Å². The average Bonchev–Trinajstić information content (AvgIpc) is 2.36. The largest absolute Gasteiger partial charge is 0.489 e. The van der Waals surface area contributed by atoms with Crippen LogP contribution < -0.4 is 4.74 Å². The molecule has 0 bridgehead atoms. The number of carboxylic acids is 1. The maximum absolute atomic E-state index is 13.2. The number of carbonyl (C=O) groups is 1. The first-order valence-corrected chi connectivity index (χ1v) is 5.77. The molecule has 0 atom stereocenters. The molecule has 0 amide bonds. The number of aromatic carboxylic acids is 1. The van der Waals surface area contributed by atoms with E-state index in [1.54, 1.807) is 6.07 Å². The van der Waals surface area contributed by atoms with E-state index in [1.165, 1.54) is 12.1 Å². The maximum Gasteiger partial charge on any atom is 0.336 e. The van der Waals surface area contributed by atoms with E-state index in [4.69, 9.17) is 9.84 Å². The van der Waals surface area contributed by atoms with Gasteiger partial charge in [0.15, 0.2) is 0 Å². The van der Waals surface area contributed by atoms with Crippen molar-refractivity contribution in [2.75, 3.05) is 0 Å². The highest BCUT2D eigenvalue weighted by atomic mass is 19.1. The fourth-order valence-electron chi connectivity index (χ4n) is 1.76. The lowest BCUT2D eigenvalue weighted by Gasteiger charge is -2.09. The molecular weight excluding hydrogens is 247 g/mol. The minimum Gasteiger partial charge on any atom is -0.489 e. The van der Waals surface area contributed by atoms with Crippen molar-refractivity contribution in [1.29, 1.82) is 0 Å². The van der Waals surface area contributed by atoms with Crippen molar-refractivity contribution in [2.45, 2.75) is 13.5 Å². The van der Waals surface area contributed by atoms with E-state index in [-0.39, 0.29) is 12.2 Å². The Kier molecular flexibility index (Phi) is 3.80. The smallest absolute Gasteiger partial charge is 0.336 e. The summed E-state index contributed by atoms with van der Waals surface area (Å²) in [6, 6.07) is 10.9. The molecule has 0 heterocycles. The molecule has 0 unspecified atom stereocenters. The van der Waals surface area contributed by atoms with Crippen LogP contribution in [0.15, 0.2) is 42.5 Å². The van der Waals surface area contributed by atoms with Crippen LogP contribution in [-0.2, 0) is 6.61 Å².